The van der Waals surface area contributed by atoms with E-state index in [1.54, 1.807) is 12.2 Å². The molecule has 5 heterocycles. The fraction of sp³-hybridized carbons (Fsp3) is 0.308. The molecule has 3 aromatic heterocycles. The molecule has 1 atom stereocenters. The number of carbonyl (C=O) groups excluding carboxylic acids is 2. The second-order valence-electron chi connectivity index (χ2n) is 12.9. The zero-order valence-electron chi connectivity index (χ0n) is 28.7. The molecule has 10 heteroatoms. The van der Waals surface area contributed by atoms with Crippen molar-refractivity contribution < 1.29 is 29.0 Å². The van der Waals surface area contributed by atoms with Crippen LogP contribution in [0.15, 0.2) is 54.6 Å². The molecule has 0 radical (unpaired) electrons. The Morgan fingerprint density at radius 2 is 1.43 bits per heavy atom. The van der Waals surface area contributed by atoms with Gasteiger partial charge in [-0.15, -0.1) is 0 Å². The van der Waals surface area contributed by atoms with Crippen LogP contribution in [0.3, 0.4) is 0 Å². The van der Waals surface area contributed by atoms with Crippen molar-refractivity contribution in [2.24, 2.45) is 0 Å². The van der Waals surface area contributed by atoms with Crippen LogP contribution in [0.4, 0.5) is 0 Å². The van der Waals surface area contributed by atoms with E-state index in [-0.39, 0.29) is 31.2 Å². The van der Waals surface area contributed by atoms with E-state index in [1.165, 1.54) is 14.2 Å². The number of aromatic nitrogens is 4. The van der Waals surface area contributed by atoms with Gasteiger partial charge in [-0.2, -0.15) is 0 Å². The minimum absolute atomic E-state index is 0.188. The summed E-state index contributed by atoms with van der Waals surface area (Å²) in [6, 6.07) is 7.97. The Morgan fingerprint density at radius 3 is 1.98 bits per heavy atom. The number of fused-ring (bicyclic) bond motifs is 11. The van der Waals surface area contributed by atoms with E-state index in [2.05, 4.69) is 16.5 Å². The number of hydrogen-bond donors (Lipinski definition) is 3. The van der Waals surface area contributed by atoms with Crippen molar-refractivity contribution in [2.45, 2.75) is 65.2 Å². The maximum atomic E-state index is 12.3. The fourth-order valence-corrected chi connectivity index (χ4v) is 7.12. The van der Waals surface area contributed by atoms with Crippen molar-refractivity contribution in [3.05, 3.63) is 99.7 Å². The highest BCUT2D eigenvalue weighted by molar-refractivity contribution is 5.97. The molecule has 0 unspecified atom stereocenters. The Kier molecular flexibility index (Phi) is 8.75. The normalized spacial score (nSPS) is 16.9. The van der Waals surface area contributed by atoms with Crippen LogP contribution >= 0.6 is 0 Å². The van der Waals surface area contributed by atoms with E-state index in [4.69, 9.17) is 19.4 Å². The van der Waals surface area contributed by atoms with Crippen LogP contribution in [-0.2, 0) is 42.1 Å². The number of esters is 2. The Labute approximate surface area is 284 Å². The molecule has 0 aromatic carbocycles. The summed E-state index contributed by atoms with van der Waals surface area (Å²) in [6.07, 6.45) is 6.87. The third kappa shape index (κ3) is 5.92. The maximum absolute atomic E-state index is 12.3. The number of aromatic amines is 2. The SMILES string of the molecule is C=CC1=C(C)c2cc3nc(cc4[nH]c(cc5[nH]c(cc1n2)c(C)c5CCC(=O)OC)c(CCC(=O)OC)c4C)[C@]1(C)CC(C(=O)O)=CC=C31. The number of hydrogen-bond acceptors (Lipinski definition) is 7. The molecule has 6 rings (SSSR count). The fourth-order valence-electron chi connectivity index (χ4n) is 7.12. The van der Waals surface area contributed by atoms with E-state index < -0.39 is 11.4 Å². The quantitative estimate of drug-likeness (QED) is 0.219. The molecular weight excluding hydrogens is 620 g/mol. The summed E-state index contributed by atoms with van der Waals surface area (Å²) in [4.78, 5) is 54.0. The number of aliphatic carboxylic acids is 1. The van der Waals surface area contributed by atoms with Crippen molar-refractivity contribution in [1.29, 1.82) is 0 Å². The van der Waals surface area contributed by atoms with Crippen LogP contribution in [-0.4, -0.2) is 57.2 Å². The van der Waals surface area contributed by atoms with Crippen LogP contribution in [0.2, 0.25) is 0 Å². The average Bonchev–Trinajstić information content (AvgIpc) is 3.73. The predicted molar refractivity (Wildman–Crippen MR) is 189 cm³/mol. The van der Waals surface area contributed by atoms with Crippen molar-refractivity contribution in [1.82, 2.24) is 19.9 Å². The van der Waals surface area contributed by atoms with Gasteiger partial charge in [-0.3, -0.25) is 14.6 Å². The first-order chi connectivity index (χ1) is 23.4. The highest BCUT2D eigenvalue weighted by atomic mass is 16.5. The number of nitrogens with one attached hydrogen (secondary N) is 2. The molecule has 10 nitrogen and oxygen atoms in total. The van der Waals surface area contributed by atoms with Gasteiger partial charge in [0.05, 0.1) is 37.0 Å². The van der Waals surface area contributed by atoms with Gasteiger partial charge in [0.15, 0.2) is 0 Å². The maximum Gasteiger partial charge on any atom is 0.331 e. The van der Waals surface area contributed by atoms with Crippen LogP contribution in [0.5, 0.6) is 0 Å². The second-order valence-corrected chi connectivity index (χ2v) is 12.9. The van der Waals surface area contributed by atoms with E-state index in [9.17, 15) is 19.5 Å². The van der Waals surface area contributed by atoms with E-state index in [0.29, 0.717) is 18.4 Å². The summed E-state index contributed by atoms with van der Waals surface area (Å²) in [6.45, 7) is 12.1. The van der Waals surface area contributed by atoms with E-state index in [0.717, 1.165) is 83.8 Å². The second kappa shape index (κ2) is 12.8. The Morgan fingerprint density at radius 1 is 0.837 bits per heavy atom. The van der Waals surface area contributed by atoms with Gasteiger partial charge in [-0.25, -0.2) is 9.78 Å². The predicted octanol–water partition coefficient (Wildman–Crippen LogP) is 7.02. The summed E-state index contributed by atoms with van der Waals surface area (Å²) >= 11 is 0. The van der Waals surface area contributed by atoms with Gasteiger partial charge in [0.2, 0.25) is 0 Å². The molecule has 0 fully saturated rings. The Hall–Kier alpha value is -5.51. The lowest BCUT2D eigenvalue weighted by molar-refractivity contribution is -0.141. The van der Waals surface area contributed by atoms with E-state index in [1.807, 2.05) is 58.0 Å². The highest BCUT2D eigenvalue weighted by Crippen LogP contribution is 2.48. The zero-order valence-corrected chi connectivity index (χ0v) is 28.7. The van der Waals surface area contributed by atoms with Crippen LogP contribution in [0, 0.1) is 13.8 Å². The first-order valence-electron chi connectivity index (χ1n) is 16.2. The summed E-state index contributed by atoms with van der Waals surface area (Å²) in [5.74, 6) is -1.58. The number of methoxy groups -OCH3 is 2. The zero-order chi connectivity index (χ0) is 35.2. The first kappa shape index (κ1) is 33.4. The summed E-state index contributed by atoms with van der Waals surface area (Å²) in [5.41, 5.74) is 12.4. The van der Waals surface area contributed by atoms with Crippen molar-refractivity contribution in [3.63, 3.8) is 0 Å². The number of aryl methyl sites for hydroxylation is 4. The monoisotopic (exact) mass is 660 g/mol. The largest absolute Gasteiger partial charge is 0.478 e. The number of ether oxygens (including phenoxy) is 2. The molecule has 2 aliphatic heterocycles. The lowest BCUT2D eigenvalue weighted by Crippen LogP contribution is -2.25. The molecule has 1 aliphatic carbocycles. The third-order valence-electron chi connectivity index (χ3n) is 10.1. The Balaban J connectivity index is 1.74. The number of allylic oxidation sites excluding steroid dienone is 6. The van der Waals surface area contributed by atoms with Gasteiger partial charge in [0.25, 0.3) is 0 Å². The molecule has 8 bridgehead atoms. The number of rotatable bonds is 8. The molecule has 49 heavy (non-hydrogen) atoms. The summed E-state index contributed by atoms with van der Waals surface area (Å²) < 4.78 is 9.92. The number of carbonyl (C=O) groups is 3. The number of H-pyrrole nitrogens is 2. The van der Waals surface area contributed by atoms with Gasteiger partial charge in [0, 0.05) is 51.5 Å². The lowest BCUT2D eigenvalue weighted by atomic mass is 9.72. The van der Waals surface area contributed by atoms with Crippen molar-refractivity contribution in [2.75, 3.05) is 14.2 Å². The summed E-state index contributed by atoms with van der Waals surface area (Å²) in [5, 5.41) is 9.95. The van der Waals surface area contributed by atoms with Gasteiger partial charge >= 0.3 is 17.9 Å². The summed E-state index contributed by atoms with van der Waals surface area (Å²) in [7, 11) is 2.76. The van der Waals surface area contributed by atoms with Gasteiger partial charge in [-0.1, -0.05) is 24.8 Å². The minimum atomic E-state index is -0.961. The molecule has 0 saturated carbocycles. The molecule has 3 aliphatic rings. The molecule has 3 N–H and O–H groups in total. The van der Waals surface area contributed by atoms with Crippen LogP contribution < -0.4 is 0 Å². The molecule has 0 spiro atoms. The number of nitrogens with zero attached hydrogens (tertiary/aromatic N) is 2. The molecule has 0 saturated heterocycles. The molecule has 3 aromatic rings. The van der Waals surface area contributed by atoms with Crippen LogP contribution in [0.1, 0.15) is 78.1 Å². The number of carboxylic acid groups (broad SMARTS) is 1. The van der Waals surface area contributed by atoms with Gasteiger partial charge in [0.1, 0.15) is 0 Å². The van der Waals surface area contributed by atoms with Gasteiger partial charge in [-0.05, 0) is 105 Å². The van der Waals surface area contributed by atoms with Crippen molar-refractivity contribution >= 4 is 56.7 Å². The molecule has 252 valence electrons. The smallest absolute Gasteiger partial charge is 0.331 e. The first-order valence-corrected chi connectivity index (χ1v) is 16.2. The van der Waals surface area contributed by atoms with Gasteiger partial charge < -0.3 is 24.5 Å². The average molecular weight is 661 g/mol. The van der Waals surface area contributed by atoms with Crippen molar-refractivity contribution in [3.8, 4) is 0 Å². The standard InChI is InChI=1S/C39H40N4O6/c1-8-24-20(2)29-16-34-27-12-9-23(38(46)47)19-39(27,5)35(43-34)18-30-22(4)26(11-14-37(45)49-7)33(42-30)17-32-25(10-13-36(44)48-6)21(3)28(41-32)15-31(24)40-29/h8-9,12,15-18,41-42H,1,10-11,13-14,19H2,2-7H3,(H,46,47)/t39-/m1/s1. The third-order valence-corrected chi connectivity index (χ3v) is 10.1. The van der Waals surface area contributed by atoms with E-state index >= 15 is 0 Å². The Bertz CT molecular complexity index is 2210. The molecular formula is C39H40N4O6. The van der Waals surface area contributed by atoms with Crippen LogP contribution in [0.25, 0.3) is 38.8 Å². The topological polar surface area (TPSA) is 147 Å². The highest BCUT2D eigenvalue weighted by Gasteiger charge is 2.42. The number of carboxylic acids is 1. The minimum Gasteiger partial charge on any atom is -0.478 e. The molecule has 0 amide bonds. The lowest BCUT2D eigenvalue weighted by Gasteiger charge is -2.29.